The molecule has 2 atom stereocenters. The maximum absolute atomic E-state index is 13.1. The number of piperidine rings is 1. The number of fused-ring (bicyclic) bond motifs is 1. The second kappa shape index (κ2) is 7.41. The molecule has 1 amide bonds. The molecule has 0 radical (unpaired) electrons. The lowest BCUT2D eigenvalue weighted by atomic mass is 10.0. The van der Waals surface area contributed by atoms with Gasteiger partial charge in [-0.1, -0.05) is 29.8 Å². The van der Waals surface area contributed by atoms with Crippen molar-refractivity contribution in [3.8, 4) is 21.7 Å². The van der Waals surface area contributed by atoms with Gasteiger partial charge in [-0.2, -0.15) is 0 Å². The summed E-state index contributed by atoms with van der Waals surface area (Å²) in [5.74, 6) is 1.25. The van der Waals surface area contributed by atoms with E-state index in [9.17, 15) is 13.2 Å². The van der Waals surface area contributed by atoms with E-state index in [-0.39, 0.29) is 10.8 Å². The molecule has 1 aromatic heterocycles. The largest absolute Gasteiger partial charge is 0.336 e. The average Bonchev–Trinajstić information content (AvgIpc) is 3.12. The Morgan fingerprint density at radius 2 is 1.84 bits per heavy atom. The van der Waals surface area contributed by atoms with Crippen LogP contribution >= 0.6 is 22.9 Å². The minimum Gasteiger partial charge on any atom is -0.336 e. The van der Waals surface area contributed by atoms with Crippen molar-refractivity contribution in [3.63, 3.8) is 0 Å². The van der Waals surface area contributed by atoms with Crippen molar-refractivity contribution in [2.45, 2.75) is 18.2 Å². The van der Waals surface area contributed by atoms with E-state index < -0.39 is 10.0 Å². The Balaban J connectivity index is 1.60. The molecule has 31 heavy (non-hydrogen) atoms. The quantitative estimate of drug-likeness (QED) is 0.615. The van der Waals surface area contributed by atoms with Crippen LogP contribution in [0.4, 0.5) is 0 Å². The van der Waals surface area contributed by atoms with E-state index in [2.05, 4.69) is 0 Å². The smallest absolute Gasteiger partial charge is 0.282 e. The van der Waals surface area contributed by atoms with Gasteiger partial charge in [-0.05, 0) is 60.6 Å². The van der Waals surface area contributed by atoms with E-state index >= 15 is 0 Å². The van der Waals surface area contributed by atoms with Crippen LogP contribution in [0.15, 0.2) is 47.4 Å². The standard InChI is InChI=1S/C22H20ClN3O3S2/c1-12-8-17(31(24,28)29)6-7-18(12)20-19(13-2-4-16(23)5-3-13)25-21(30-20)22(27)26-10-14-9-15(14)11-26/h2-8,14-15H,9-11H2,1H3,(H2,24,28,29). The SMILES string of the molecule is Cc1cc(S(N)(=O)=O)ccc1-c1sc(C(=O)N2CC3CC3C2)nc1-c1ccc(Cl)cc1. The Morgan fingerprint density at radius 1 is 1.16 bits per heavy atom. The number of nitrogens with two attached hydrogens (primary N) is 1. The van der Waals surface area contributed by atoms with Gasteiger partial charge in [-0.15, -0.1) is 11.3 Å². The van der Waals surface area contributed by atoms with Gasteiger partial charge in [0.15, 0.2) is 5.01 Å². The lowest BCUT2D eigenvalue weighted by Crippen LogP contribution is -2.30. The first-order valence-electron chi connectivity index (χ1n) is 9.90. The average molecular weight is 474 g/mol. The number of carbonyl (C=O) groups is 1. The number of rotatable bonds is 4. The van der Waals surface area contributed by atoms with Gasteiger partial charge in [-0.25, -0.2) is 18.5 Å². The molecule has 5 rings (SSSR count). The molecule has 2 aliphatic rings. The van der Waals surface area contributed by atoms with Gasteiger partial charge < -0.3 is 4.90 Å². The lowest BCUT2D eigenvalue weighted by Gasteiger charge is -2.15. The molecule has 2 heterocycles. The summed E-state index contributed by atoms with van der Waals surface area (Å²) in [6.45, 7) is 3.43. The van der Waals surface area contributed by atoms with Crippen molar-refractivity contribution in [1.29, 1.82) is 0 Å². The molecule has 1 saturated heterocycles. The van der Waals surface area contributed by atoms with Crippen molar-refractivity contribution in [3.05, 3.63) is 58.1 Å². The van der Waals surface area contributed by atoms with Gasteiger partial charge in [0.25, 0.3) is 5.91 Å². The number of hydrogen-bond acceptors (Lipinski definition) is 5. The van der Waals surface area contributed by atoms with Crippen LogP contribution in [0.25, 0.3) is 21.7 Å². The Labute approximate surface area is 189 Å². The van der Waals surface area contributed by atoms with E-state index in [0.717, 1.165) is 34.7 Å². The number of aromatic nitrogens is 1. The molecule has 160 valence electrons. The molecular weight excluding hydrogens is 454 g/mol. The summed E-state index contributed by atoms with van der Waals surface area (Å²) in [6.07, 6.45) is 1.22. The molecule has 0 spiro atoms. The summed E-state index contributed by atoms with van der Waals surface area (Å²) in [5.41, 5.74) is 3.08. The highest BCUT2D eigenvalue weighted by Crippen LogP contribution is 2.46. The number of carbonyl (C=O) groups excluding carboxylic acids is 1. The van der Waals surface area contributed by atoms with Gasteiger partial charge in [0, 0.05) is 23.7 Å². The fourth-order valence-corrected chi connectivity index (χ4v) is 6.04. The Kier molecular flexibility index (Phi) is 4.93. The Bertz CT molecular complexity index is 1290. The number of benzene rings is 2. The number of amides is 1. The highest BCUT2D eigenvalue weighted by atomic mass is 35.5. The molecule has 2 aromatic carbocycles. The zero-order valence-electron chi connectivity index (χ0n) is 16.7. The summed E-state index contributed by atoms with van der Waals surface area (Å²) < 4.78 is 23.5. The van der Waals surface area contributed by atoms with Crippen LogP contribution in [-0.2, 0) is 10.0 Å². The second-order valence-corrected chi connectivity index (χ2v) is 11.2. The molecule has 0 bridgehead atoms. The number of hydrogen-bond donors (Lipinski definition) is 1. The molecule has 1 aliphatic carbocycles. The Hall–Kier alpha value is -2.26. The maximum atomic E-state index is 13.1. The first-order valence-corrected chi connectivity index (χ1v) is 12.6. The minimum absolute atomic E-state index is 0.0440. The number of thiazole rings is 1. The van der Waals surface area contributed by atoms with Crippen LogP contribution in [0.2, 0.25) is 5.02 Å². The topological polar surface area (TPSA) is 93.4 Å². The monoisotopic (exact) mass is 473 g/mol. The number of primary sulfonamides is 1. The predicted molar refractivity (Wildman–Crippen MR) is 122 cm³/mol. The third kappa shape index (κ3) is 3.89. The molecule has 1 saturated carbocycles. The zero-order valence-corrected chi connectivity index (χ0v) is 19.1. The summed E-state index contributed by atoms with van der Waals surface area (Å²) in [5, 5.41) is 6.33. The van der Waals surface area contributed by atoms with Gasteiger partial charge in [0.2, 0.25) is 10.0 Å². The minimum atomic E-state index is -3.80. The molecule has 9 heteroatoms. The Morgan fingerprint density at radius 3 is 2.45 bits per heavy atom. The zero-order chi connectivity index (χ0) is 21.9. The van der Waals surface area contributed by atoms with Crippen LogP contribution in [0.5, 0.6) is 0 Å². The highest BCUT2D eigenvalue weighted by Gasteiger charge is 2.47. The molecule has 2 N–H and O–H groups in total. The van der Waals surface area contributed by atoms with E-state index in [4.69, 9.17) is 21.7 Å². The molecule has 2 fully saturated rings. The normalized spacial score (nSPS) is 20.0. The van der Waals surface area contributed by atoms with E-state index in [1.54, 1.807) is 24.3 Å². The van der Waals surface area contributed by atoms with Crippen molar-refractivity contribution in [2.75, 3.05) is 13.1 Å². The number of aryl methyl sites for hydroxylation is 1. The number of likely N-dealkylation sites (tertiary alicyclic amines) is 1. The van der Waals surface area contributed by atoms with Crippen molar-refractivity contribution < 1.29 is 13.2 Å². The molecule has 6 nitrogen and oxygen atoms in total. The first-order chi connectivity index (χ1) is 14.7. The third-order valence-electron chi connectivity index (χ3n) is 5.96. The van der Waals surface area contributed by atoms with E-state index in [1.807, 2.05) is 24.0 Å². The van der Waals surface area contributed by atoms with Gasteiger partial charge in [-0.3, -0.25) is 4.79 Å². The molecular formula is C22H20ClN3O3S2. The first kappa shape index (κ1) is 20.6. The van der Waals surface area contributed by atoms with Gasteiger partial charge in [0.05, 0.1) is 15.5 Å². The van der Waals surface area contributed by atoms with Gasteiger partial charge in [0.1, 0.15) is 0 Å². The fraction of sp³-hybridized carbons (Fsp3) is 0.273. The third-order valence-corrected chi connectivity index (χ3v) is 8.20. The van der Waals surface area contributed by atoms with E-state index in [1.165, 1.54) is 23.8 Å². The lowest BCUT2D eigenvalue weighted by molar-refractivity contribution is 0.0775. The van der Waals surface area contributed by atoms with Crippen molar-refractivity contribution >= 4 is 38.9 Å². The van der Waals surface area contributed by atoms with Crippen LogP contribution in [0.3, 0.4) is 0 Å². The summed E-state index contributed by atoms with van der Waals surface area (Å²) in [7, 11) is -3.80. The van der Waals surface area contributed by atoms with Crippen LogP contribution in [0, 0.1) is 18.8 Å². The number of sulfonamides is 1. The number of halogens is 1. The van der Waals surface area contributed by atoms with Crippen molar-refractivity contribution in [1.82, 2.24) is 9.88 Å². The maximum Gasteiger partial charge on any atom is 0.282 e. The van der Waals surface area contributed by atoms with Crippen LogP contribution < -0.4 is 5.14 Å². The molecule has 3 aromatic rings. The predicted octanol–water partition coefficient (Wildman–Crippen LogP) is 4.18. The fourth-order valence-electron chi connectivity index (χ4n) is 4.16. The van der Waals surface area contributed by atoms with Gasteiger partial charge >= 0.3 is 0 Å². The second-order valence-electron chi connectivity index (χ2n) is 8.19. The van der Waals surface area contributed by atoms with Crippen LogP contribution in [0.1, 0.15) is 21.8 Å². The van der Waals surface area contributed by atoms with E-state index in [0.29, 0.717) is 27.6 Å². The number of nitrogens with zero attached hydrogens (tertiary/aromatic N) is 2. The van der Waals surface area contributed by atoms with Crippen LogP contribution in [-0.4, -0.2) is 37.3 Å². The molecule has 1 aliphatic heterocycles. The van der Waals surface area contributed by atoms with Crippen molar-refractivity contribution in [2.24, 2.45) is 17.0 Å². The molecule has 2 unspecified atom stereocenters. The summed E-state index contributed by atoms with van der Waals surface area (Å²) in [4.78, 5) is 20.6. The highest BCUT2D eigenvalue weighted by molar-refractivity contribution is 7.89. The summed E-state index contributed by atoms with van der Waals surface area (Å²) in [6, 6.07) is 12.1. The summed E-state index contributed by atoms with van der Waals surface area (Å²) >= 11 is 7.39.